The fourth-order valence-corrected chi connectivity index (χ4v) is 2.54. The van der Waals surface area contributed by atoms with E-state index in [0.717, 1.165) is 27.8 Å². The van der Waals surface area contributed by atoms with E-state index in [0.29, 0.717) is 4.90 Å². The van der Waals surface area contributed by atoms with Gasteiger partial charge in [0.05, 0.1) is 2.74 Å². The van der Waals surface area contributed by atoms with Crippen molar-refractivity contribution in [3.8, 4) is 0 Å². The third kappa shape index (κ3) is 4.75. The van der Waals surface area contributed by atoms with Gasteiger partial charge in [0.1, 0.15) is 12.1 Å². The van der Waals surface area contributed by atoms with Gasteiger partial charge in [0.15, 0.2) is 5.78 Å². The first-order chi connectivity index (χ1) is 16.0. The Balaban J connectivity index is 2.47. The standard InChI is InChI=1S/C21H30N2O4/c1-12(2)19(25)17(24)10-13(3)20(26)22-18-16-9-7-6-8-15(16)11-14(4)23(5)21(18)27/h6-9,12-14,18-19,25H,10-11H2,1-5H3,(H,22,26)/t13-,14?,18+,19+/m1/s1/i1D3,11D2,12D,13D,14D,18D/t12?,13-,14?,18+,19+. The zero-order chi connectivity index (χ0) is 28.3. The number of amides is 2. The first kappa shape index (κ1) is 11.6. The number of hydrogen-bond donors (Lipinski definition) is 2. The summed E-state index contributed by atoms with van der Waals surface area (Å²) in [5.41, 5.74) is -0.462. The van der Waals surface area contributed by atoms with E-state index < -0.39 is 67.2 Å². The quantitative estimate of drug-likeness (QED) is 0.785. The van der Waals surface area contributed by atoms with Gasteiger partial charge in [-0.25, -0.2) is 0 Å². The lowest BCUT2D eigenvalue weighted by Crippen LogP contribution is -2.44. The summed E-state index contributed by atoms with van der Waals surface area (Å²) in [4.78, 5) is 39.7. The summed E-state index contributed by atoms with van der Waals surface area (Å²) in [5.74, 6) is -8.78. The lowest BCUT2D eigenvalue weighted by molar-refractivity contribution is -0.138. The van der Waals surface area contributed by atoms with Gasteiger partial charge in [-0.2, -0.15) is 0 Å². The molecule has 2 amide bonds. The summed E-state index contributed by atoms with van der Waals surface area (Å²) >= 11 is 0. The molecule has 2 N–H and O–H groups in total. The number of fused-ring (bicyclic) bond motifs is 1. The maximum absolute atomic E-state index is 13.3. The molecule has 2 rings (SSSR count). The van der Waals surface area contributed by atoms with E-state index in [1.165, 1.54) is 24.3 Å². The number of carbonyl (C=O) groups is 3. The summed E-state index contributed by atoms with van der Waals surface area (Å²) in [7, 11) is 1.11. The van der Waals surface area contributed by atoms with Crippen LogP contribution in [0.25, 0.3) is 0 Å². The number of aliphatic hydroxyl groups excluding tert-OH is 1. The minimum absolute atomic E-state index is 0.198. The zero-order valence-corrected chi connectivity index (χ0v) is 15.7. The Hall–Kier alpha value is -2.21. The van der Waals surface area contributed by atoms with Crippen LogP contribution < -0.4 is 5.32 Å². The molecule has 6 nitrogen and oxygen atoms in total. The highest BCUT2D eigenvalue weighted by Gasteiger charge is 2.34. The Morgan fingerprint density at radius 3 is 2.81 bits per heavy atom. The van der Waals surface area contributed by atoms with E-state index in [4.69, 9.17) is 12.3 Å². The minimum Gasteiger partial charge on any atom is -0.385 e. The molecule has 1 aromatic rings. The molecule has 0 saturated heterocycles. The molecular formula is C21H30N2O4. The third-order valence-electron chi connectivity index (χ3n) is 4.31. The largest absolute Gasteiger partial charge is 0.385 e. The molecule has 0 spiro atoms. The van der Waals surface area contributed by atoms with E-state index in [1.807, 2.05) is 0 Å². The highest BCUT2D eigenvalue weighted by atomic mass is 16.3. The Bertz CT molecular complexity index is 1070. The molecule has 0 saturated carbocycles. The molecular weight excluding hydrogens is 344 g/mol. The van der Waals surface area contributed by atoms with E-state index in [-0.39, 0.29) is 11.1 Å². The number of likely N-dealkylation sites (N-methyl/N-ethyl adjacent to an activating group) is 1. The second kappa shape index (κ2) is 8.65. The molecule has 1 aromatic carbocycles. The maximum atomic E-state index is 13.3. The van der Waals surface area contributed by atoms with Gasteiger partial charge in [0.25, 0.3) is 0 Å². The number of ketones is 1. The van der Waals surface area contributed by atoms with Crippen LogP contribution in [0.4, 0.5) is 0 Å². The minimum atomic E-state index is -3.04. The van der Waals surface area contributed by atoms with Crippen molar-refractivity contribution >= 4 is 17.6 Å². The third-order valence-corrected chi connectivity index (χ3v) is 4.31. The highest BCUT2D eigenvalue weighted by molar-refractivity contribution is 5.93. The molecule has 0 fully saturated rings. The molecule has 148 valence electrons. The van der Waals surface area contributed by atoms with Crippen LogP contribution in [0, 0.1) is 11.8 Å². The van der Waals surface area contributed by atoms with Gasteiger partial charge in [-0.05, 0) is 30.3 Å². The number of nitrogens with zero attached hydrogens (tertiary/aromatic N) is 1. The number of Topliss-reactive ketones (excluding diaryl/α,β-unsaturated/α-hetero) is 1. The van der Waals surface area contributed by atoms with Gasteiger partial charge < -0.3 is 15.3 Å². The van der Waals surface area contributed by atoms with Crippen LogP contribution in [0.1, 0.15) is 63.5 Å². The molecule has 0 bridgehead atoms. The van der Waals surface area contributed by atoms with E-state index in [9.17, 15) is 19.5 Å². The number of hydrogen-bond acceptors (Lipinski definition) is 4. The molecule has 0 aliphatic carbocycles. The van der Waals surface area contributed by atoms with Gasteiger partial charge in [-0.1, -0.05) is 45.0 Å². The van der Waals surface area contributed by atoms with Crippen molar-refractivity contribution in [2.75, 3.05) is 7.05 Å². The monoisotopic (exact) mass is 383 g/mol. The molecule has 0 aromatic heterocycles. The van der Waals surface area contributed by atoms with Gasteiger partial charge in [-0.15, -0.1) is 0 Å². The average Bonchev–Trinajstić information content (AvgIpc) is 2.77. The predicted octanol–water partition coefficient (Wildman–Crippen LogP) is 1.86. The van der Waals surface area contributed by atoms with Crippen molar-refractivity contribution in [3.63, 3.8) is 0 Å². The molecule has 1 aliphatic heterocycles. The fraction of sp³-hybridized carbons (Fsp3) is 0.571. The van der Waals surface area contributed by atoms with Crippen LogP contribution in [-0.2, 0) is 20.8 Å². The van der Waals surface area contributed by atoms with Crippen molar-refractivity contribution < 1.29 is 31.8 Å². The van der Waals surface area contributed by atoms with Gasteiger partial charge in [0.2, 0.25) is 11.8 Å². The molecule has 1 heterocycles. The summed E-state index contributed by atoms with van der Waals surface area (Å²) in [6, 6.07) is 0.516. The van der Waals surface area contributed by atoms with Crippen molar-refractivity contribution in [1.29, 1.82) is 0 Å². The zero-order valence-electron chi connectivity index (χ0n) is 24.7. The van der Waals surface area contributed by atoms with Gasteiger partial charge in [0, 0.05) is 35.0 Å². The topological polar surface area (TPSA) is 86.7 Å². The van der Waals surface area contributed by atoms with Crippen LogP contribution in [0.2, 0.25) is 0 Å². The Labute approximate surface area is 173 Å². The Morgan fingerprint density at radius 2 is 2.15 bits per heavy atom. The second-order valence-corrected chi connectivity index (χ2v) is 6.46. The molecule has 2 unspecified atom stereocenters. The Kier molecular flexibility index (Phi) is 3.71. The van der Waals surface area contributed by atoms with Crippen LogP contribution in [0.15, 0.2) is 24.3 Å². The predicted molar refractivity (Wildman–Crippen MR) is 103 cm³/mol. The first-order valence-electron chi connectivity index (χ1n) is 12.9. The smallest absolute Gasteiger partial charge is 0.249 e. The Morgan fingerprint density at radius 1 is 1.48 bits per heavy atom. The van der Waals surface area contributed by atoms with Crippen LogP contribution in [0.5, 0.6) is 0 Å². The summed E-state index contributed by atoms with van der Waals surface area (Å²) < 4.78 is 72.8. The number of aliphatic hydroxyl groups is 1. The molecule has 1 aliphatic rings. The fourth-order valence-electron chi connectivity index (χ4n) is 2.54. The van der Waals surface area contributed by atoms with E-state index >= 15 is 0 Å². The highest BCUT2D eigenvalue weighted by Crippen LogP contribution is 2.27. The van der Waals surface area contributed by atoms with E-state index in [2.05, 4.69) is 5.32 Å². The van der Waals surface area contributed by atoms with Crippen molar-refractivity contribution in [2.24, 2.45) is 11.8 Å². The van der Waals surface area contributed by atoms with Crippen LogP contribution in [-0.4, -0.2) is 46.8 Å². The SMILES string of the molecule is [2H]C([2H])([2H])C([2H])(C)[C@H](O)C(=O)C[C@@]([2H])(C)C(=O)N[C@]1([2H])C(=O)N(C)C([2H])(C)C([2H])([2H])c2ccccc21. The molecule has 0 radical (unpaired) electrons. The van der Waals surface area contributed by atoms with Crippen LogP contribution in [0.3, 0.4) is 0 Å². The van der Waals surface area contributed by atoms with Crippen molar-refractivity contribution in [2.45, 2.75) is 58.6 Å². The molecule has 5 atom stereocenters. The van der Waals surface area contributed by atoms with Crippen LogP contribution >= 0.6 is 0 Å². The summed E-state index contributed by atoms with van der Waals surface area (Å²) in [5, 5.41) is 12.3. The lowest BCUT2D eigenvalue weighted by atomic mass is 9.94. The normalized spacial score (nSPS) is 38.0. The molecule has 6 heteroatoms. The number of rotatable bonds is 6. The van der Waals surface area contributed by atoms with Crippen molar-refractivity contribution in [1.82, 2.24) is 10.2 Å². The van der Waals surface area contributed by atoms with Gasteiger partial charge in [-0.3, -0.25) is 14.4 Å². The van der Waals surface area contributed by atoms with Crippen molar-refractivity contribution in [3.05, 3.63) is 35.4 Å². The number of benzene rings is 1. The maximum Gasteiger partial charge on any atom is 0.249 e. The summed E-state index contributed by atoms with van der Waals surface area (Å²) in [6.45, 7) is -0.118. The lowest BCUT2D eigenvalue weighted by Gasteiger charge is -2.26. The first-order valence-corrected chi connectivity index (χ1v) is 8.38. The van der Waals surface area contributed by atoms with Gasteiger partial charge >= 0.3 is 0 Å². The number of carbonyl (C=O) groups excluding carboxylic acids is 3. The summed E-state index contributed by atoms with van der Waals surface area (Å²) in [6.07, 6.45) is -5.86. The molecule has 27 heavy (non-hydrogen) atoms. The number of nitrogens with one attached hydrogen (secondary N) is 1. The average molecular weight is 384 g/mol. The second-order valence-electron chi connectivity index (χ2n) is 6.46. The van der Waals surface area contributed by atoms with E-state index in [1.54, 1.807) is 0 Å².